The van der Waals surface area contributed by atoms with E-state index in [0.29, 0.717) is 5.56 Å². The van der Waals surface area contributed by atoms with Crippen LogP contribution in [0, 0.1) is 13.8 Å². The molecule has 1 N–H and O–H groups in total. The van der Waals surface area contributed by atoms with Crippen LogP contribution >= 0.6 is 0 Å². The van der Waals surface area contributed by atoms with E-state index in [9.17, 15) is 18.0 Å². The number of aryl methyl sites for hydroxylation is 1. The maximum Gasteiger partial charge on any atom is 0.416 e. The van der Waals surface area contributed by atoms with E-state index < -0.39 is 48.3 Å². The number of hydrogen-bond acceptors (Lipinski definition) is 3. The first-order valence-electron chi connectivity index (χ1n) is 12.4. The third-order valence-corrected chi connectivity index (χ3v) is 4.56. The number of amides is 1. The first kappa shape index (κ1) is 15.1. The monoisotopic (exact) mass is 445 g/mol. The third kappa shape index (κ3) is 4.59. The molecule has 0 atom stereocenters. The van der Waals surface area contributed by atoms with E-state index in [0.717, 1.165) is 16.5 Å². The van der Waals surface area contributed by atoms with Gasteiger partial charge in [0, 0.05) is 16.8 Å². The van der Waals surface area contributed by atoms with Gasteiger partial charge in [-0.05, 0) is 61.3 Å². The van der Waals surface area contributed by atoms with Crippen LogP contribution in [0.5, 0.6) is 11.5 Å². The number of ether oxygens (including phenoxy) is 1. The van der Waals surface area contributed by atoms with Crippen molar-refractivity contribution in [2.45, 2.75) is 26.5 Å². The molecule has 0 aliphatic carbocycles. The van der Waals surface area contributed by atoms with Crippen molar-refractivity contribution in [2.24, 2.45) is 0 Å². The highest BCUT2D eigenvalue weighted by Gasteiger charge is 2.30. The molecule has 0 aliphatic heterocycles. The van der Waals surface area contributed by atoms with E-state index in [4.69, 9.17) is 13.0 Å². The van der Waals surface area contributed by atoms with Gasteiger partial charge in [-0.1, -0.05) is 24.2 Å². The second kappa shape index (κ2) is 8.37. The number of benzene rings is 2. The topological polar surface area (TPSA) is 55.6 Å². The zero-order valence-corrected chi connectivity index (χ0v) is 16.7. The maximum absolute atomic E-state index is 13.0. The van der Waals surface area contributed by atoms with Crippen molar-refractivity contribution in [3.05, 3.63) is 94.9 Å². The average Bonchev–Trinajstić information content (AvgIpc) is 3.18. The molecule has 0 saturated carbocycles. The lowest BCUT2D eigenvalue weighted by Crippen LogP contribution is -2.25. The lowest BCUT2D eigenvalue weighted by molar-refractivity contribution is -0.137. The summed E-state index contributed by atoms with van der Waals surface area (Å²) in [5.41, 5.74) is -1.03. The molecular weight excluding hydrogens is 419 g/mol. The van der Waals surface area contributed by atoms with Gasteiger partial charge in [-0.3, -0.25) is 9.20 Å². The molecule has 1 amide bonds. The van der Waals surface area contributed by atoms with Gasteiger partial charge in [0.05, 0.1) is 15.4 Å². The number of aromatic nitrogens is 2. The fourth-order valence-electron chi connectivity index (χ4n) is 3.06. The molecule has 32 heavy (non-hydrogen) atoms. The Labute approximate surface area is 190 Å². The average molecular weight is 445 g/mol. The van der Waals surface area contributed by atoms with E-state index in [2.05, 4.69) is 10.3 Å². The second-order valence-electron chi connectivity index (χ2n) is 6.90. The van der Waals surface area contributed by atoms with E-state index in [1.165, 1.54) is 31.2 Å². The number of nitrogens with one attached hydrogen (secondary N) is 1. The summed E-state index contributed by atoms with van der Waals surface area (Å²) in [7, 11) is 0. The largest absolute Gasteiger partial charge is 0.457 e. The first-order valence-corrected chi connectivity index (χ1v) is 9.40. The van der Waals surface area contributed by atoms with Crippen LogP contribution in [0.15, 0.2) is 66.8 Å². The van der Waals surface area contributed by atoms with Crippen LogP contribution in [0.1, 0.15) is 41.1 Å². The lowest BCUT2D eigenvalue weighted by Gasteiger charge is -2.11. The Kier molecular flexibility index (Phi) is 3.94. The van der Waals surface area contributed by atoms with Crippen molar-refractivity contribution in [3.63, 3.8) is 0 Å². The summed E-state index contributed by atoms with van der Waals surface area (Å²) in [5, 5.41) is 2.65. The molecule has 0 bridgehead atoms. The molecule has 2 heterocycles. The molecule has 0 radical (unpaired) electrons. The van der Waals surface area contributed by atoms with Gasteiger partial charge < -0.3 is 10.1 Å². The van der Waals surface area contributed by atoms with Crippen molar-refractivity contribution in [1.82, 2.24) is 14.7 Å². The number of imidazole rings is 1. The van der Waals surface area contributed by atoms with Crippen LogP contribution in [0.2, 0.25) is 0 Å². The van der Waals surface area contributed by atoms with E-state index >= 15 is 0 Å². The van der Waals surface area contributed by atoms with Gasteiger partial charge >= 0.3 is 6.18 Å². The number of halogens is 3. The van der Waals surface area contributed by atoms with Crippen LogP contribution in [-0.4, -0.2) is 15.3 Å². The first-order chi connectivity index (χ1) is 17.7. The van der Waals surface area contributed by atoms with E-state index in [1.54, 1.807) is 12.1 Å². The van der Waals surface area contributed by atoms with E-state index in [1.807, 2.05) is 0 Å². The molecule has 0 unspecified atom stereocenters. The van der Waals surface area contributed by atoms with Gasteiger partial charge in [0.15, 0.2) is 0 Å². The Bertz CT molecular complexity index is 1530. The molecule has 2 aromatic carbocycles. The Morgan fingerprint density at radius 2 is 1.97 bits per heavy atom. The van der Waals surface area contributed by atoms with E-state index in [-0.39, 0.29) is 35.1 Å². The van der Waals surface area contributed by atoms with Crippen molar-refractivity contribution in [1.29, 1.82) is 0 Å². The normalized spacial score (nSPS) is 14.6. The number of pyridine rings is 1. The van der Waals surface area contributed by atoms with Crippen molar-refractivity contribution in [2.75, 3.05) is 0 Å². The maximum atomic E-state index is 13.0. The summed E-state index contributed by atoms with van der Waals surface area (Å²) in [6.45, 7) is -1.36. The quantitative estimate of drug-likeness (QED) is 0.429. The summed E-state index contributed by atoms with van der Waals surface area (Å²) in [5.74, 6) is -0.389. The van der Waals surface area contributed by atoms with Gasteiger partial charge in [-0.2, -0.15) is 13.2 Å². The summed E-state index contributed by atoms with van der Waals surface area (Å²) >= 11 is 0. The fraction of sp³-hybridized carbons (Fsp3) is 0.167. The van der Waals surface area contributed by atoms with Crippen LogP contribution in [-0.2, 0) is 12.7 Å². The van der Waals surface area contributed by atoms with Crippen molar-refractivity contribution >= 4 is 11.6 Å². The number of alkyl halides is 3. The predicted molar refractivity (Wildman–Crippen MR) is 114 cm³/mol. The van der Waals surface area contributed by atoms with Gasteiger partial charge in [0.2, 0.25) is 0 Å². The summed E-state index contributed by atoms with van der Waals surface area (Å²) in [4.78, 5) is 17.1. The van der Waals surface area contributed by atoms with Crippen LogP contribution < -0.4 is 10.1 Å². The Morgan fingerprint density at radius 1 is 1.19 bits per heavy atom. The molecule has 0 aliphatic rings. The molecule has 0 fully saturated rings. The smallest absolute Gasteiger partial charge is 0.416 e. The minimum atomic E-state index is -4.50. The minimum absolute atomic E-state index is 0.0104. The Hall–Kier alpha value is -3.81. The van der Waals surface area contributed by atoms with Crippen LogP contribution in [0.25, 0.3) is 5.65 Å². The minimum Gasteiger partial charge on any atom is -0.457 e. The Morgan fingerprint density at radius 3 is 2.69 bits per heavy atom. The number of hydrogen-bond donors (Lipinski definition) is 1. The zero-order chi connectivity index (χ0) is 28.0. The Balaban J connectivity index is 1.53. The lowest BCUT2D eigenvalue weighted by atomic mass is 10.2. The molecule has 8 heteroatoms. The van der Waals surface area contributed by atoms with Crippen LogP contribution in [0.3, 0.4) is 0 Å². The van der Waals surface area contributed by atoms with Crippen LogP contribution in [0.4, 0.5) is 13.2 Å². The van der Waals surface area contributed by atoms with Gasteiger partial charge in [0.1, 0.15) is 22.8 Å². The number of fused-ring (bicyclic) bond motifs is 1. The summed E-state index contributed by atoms with van der Waals surface area (Å²) in [6.07, 6.45) is -5.12. The van der Waals surface area contributed by atoms with Gasteiger partial charge in [-0.15, -0.1) is 0 Å². The molecule has 4 aromatic rings. The summed E-state index contributed by atoms with van der Waals surface area (Å²) < 4.78 is 92.6. The zero-order valence-electron chi connectivity index (χ0n) is 22.7. The highest BCUT2D eigenvalue weighted by Crippen LogP contribution is 2.32. The number of nitrogens with zero attached hydrogens (tertiary/aromatic N) is 2. The van der Waals surface area contributed by atoms with Gasteiger partial charge in [0.25, 0.3) is 5.91 Å². The standard InChI is InChI=1S/C24H20F3N3O2/c1-15-6-11-21-29-16(2)22(30(21)14-15)23(31)28-13-17-7-9-19(10-8-17)32-20-5-3-4-18(12-20)24(25,26)27/h3-12,14H,13H2,1-2H3,(H,28,31)/i1D3,6D,11D,14D. The van der Waals surface area contributed by atoms with Crippen molar-refractivity contribution < 1.29 is 30.9 Å². The van der Waals surface area contributed by atoms with Gasteiger partial charge in [-0.25, -0.2) is 4.98 Å². The number of carbonyl (C=O) groups excluding carboxylic acids is 1. The number of carbonyl (C=O) groups is 1. The molecule has 4 rings (SSSR count). The van der Waals surface area contributed by atoms with Crippen molar-refractivity contribution in [3.8, 4) is 11.5 Å². The molecule has 164 valence electrons. The SMILES string of the molecule is [2H]c1c(C([2H])([2H])[2H])c([2H])n2c(C(=O)NCc3ccc(Oc4cccc(C(F)(F)F)c4)cc3)c(C)nc2c1[2H]. The molecule has 0 saturated heterocycles. The molecule has 0 spiro atoms. The highest BCUT2D eigenvalue weighted by molar-refractivity contribution is 5.94. The molecule has 5 nitrogen and oxygen atoms in total. The molecular formula is C24H20F3N3O2. The molecule has 2 aromatic heterocycles. The highest BCUT2D eigenvalue weighted by atomic mass is 19.4. The third-order valence-electron chi connectivity index (χ3n) is 4.56. The predicted octanol–water partition coefficient (Wildman–Crippen LogP) is 5.69. The number of rotatable bonds is 5. The second-order valence-corrected chi connectivity index (χ2v) is 6.90. The summed E-state index contributed by atoms with van der Waals surface area (Å²) in [6, 6.07) is 9.54. The fourth-order valence-corrected chi connectivity index (χ4v) is 3.06.